The van der Waals surface area contributed by atoms with Crippen LogP contribution < -0.4 is 11.1 Å². The fourth-order valence-corrected chi connectivity index (χ4v) is 3.36. The van der Waals surface area contributed by atoms with E-state index in [2.05, 4.69) is 20.3 Å². The summed E-state index contributed by atoms with van der Waals surface area (Å²) in [5.41, 5.74) is 6.33. The molecule has 3 N–H and O–H groups in total. The number of amides is 1. The molecule has 1 amide bonds. The van der Waals surface area contributed by atoms with Crippen molar-refractivity contribution in [3.8, 4) is 0 Å². The molecule has 0 saturated carbocycles. The van der Waals surface area contributed by atoms with Crippen molar-refractivity contribution in [2.75, 3.05) is 25.0 Å². The van der Waals surface area contributed by atoms with Crippen LogP contribution in [0.2, 0.25) is 0 Å². The predicted molar refractivity (Wildman–Crippen MR) is 89.9 cm³/mol. The lowest BCUT2D eigenvalue weighted by Gasteiger charge is -2.15. The summed E-state index contributed by atoms with van der Waals surface area (Å²) in [6, 6.07) is 1.90. The maximum atomic E-state index is 11.7. The van der Waals surface area contributed by atoms with Gasteiger partial charge in [-0.3, -0.25) is 4.79 Å². The van der Waals surface area contributed by atoms with E-state index in [1.165, 1.54) is 0 Å². The molecule has 1 aliphatic heterocycles. The van der Waals surface area contributed by atoms with E-state index in [1.807, 2.05) is 26.1 Å². The summed E-state index contributed by atoms with van der Waals surface area (Å²) in [6.45, 7) is 5.36. The highest BCUT2D eigenvalue weighted by Gasteiger charge is 2.28. The van der Waals surface area contributed by atoms with Crippen LogP contribution in [0.4, 0.5) is 10.9 Å². The quantitative estimate of drug-likeness (QED) is 0.882. The molecule has 0 aromatic carbocycles. The molecule has 0 aliphatic carbocycles. The summed E-state index contributed by atoms with van der Waals surface area (Å²) in [5.74, 6) is 1.65. The molecular formula is C15H20N6OS. The van der Waals surface area contributed by atoms with Gasteiger partial charge in [0.15, 0.2) is 5.13 Å². The third kappa shape index (κ3) is 3.65. The molecule has 7 nitrogen and oxygen atoms in total. The van der Waals surface area contributed by atoms with Gasteiger partial charge in [0, 0.05) is 41.8 Å². The Morgan fingerprint density at radius 1 is 1.48 bits per heavy atom. The average Bonchev–Trinajstić information content (AvgIpc) is 3.15. The number of nitrogens with one attached hydrogen (secondary N) is 1. The van der Waals surface area contributed by atoms with Crippen molar-refractivity contribution in [2.45, 2.75) is 26.2 Å². The largest absolute Gasteiger partial charge is 0.341 e. The van der Waals surface area contributed by atoms with Gasteiger partial charge >= 0.3 is 0 Å². The first-order valence-corrected chi connectivity index (χ1v) is 8.39. The highest BCUT2D eigenvalue weighted by molar-refractivity contribution is 7.15. The number of aromatic nitrogens is 3. The van der Waals surface area contributed by atoms with Crippen molar-refractivity contribution in [3.05, 3.63) is 28.7 Å². The number of carbonyl (C=O) groups is 1. The zero-order chi connectivity index (χ0) is 16.4. The van der Waals surface area contributed by atoms with Crippen LogP contribution in [-0.4, -0.2) is 45.4 Å². The second-order valence-corrected chi connectivity index (χ2v) is 6.92. The number of hydrogen-bond acceptors (Lipinski definition) is 7. The second-order valence-electron chi connectivity index (χ2n) is 5.68. The number of likely N-dealkylation sites (tertiary alicyclic amines) is 1. The lowest BCUT2D eigenvalue weighted by atomic mass is 10.1. The zero-order valence-electron chi connectivity index (χ0n) is 13.2. The SMILES string of the molecule is Cc1cc(Nc2ncc(C)s2)nc(C2CCN(C(=O)CN)C2)n1. The summed E-state index contributed by atoms with van der Waals surface area (Å²) < 4.78 is 0. The molecule has 1 atom stereocenters. The van der Waals surface area contributed by atoms with E-state index < -0.39 is 0 Å². The van der Waals surface area contributed by atoms with Gasteiger partial charge in [0.1, 0.15) is 11.6 Å². The van der Waals surface area contributed by atoms with Gasteiger partial charge in [0.25, 0.3) is 0 Å². The van der Waals surface area contributed by atoms with Gasteiger partial charge in [-0.25, -0.2) is 15.0 Å². The molecule has 0 bridgehead atoms. The normalized spacial score (nSPS) is 17.5. The van der Waals surface area contributed by atoms with Crippen LogP contribution in [0.15, 0.2) is 12.3 Å². The number of nitrogens with two attached hydrogens (primary N) is 1. The lowest BCUT2D eigenvalue weighted by Crippen LogP contribution is -2.34. The number of anilines is 2. The monoisotopic (exact) mass is 332 g/mol. The Balaban J connectivity index is 1.77. The molecule has 3 rings (SSSR count). The highest BCUT2D eigenvalue weighted by Crippen LogP contribution is 2.27. The molecule has 23 heavy (non-hydrogen) atoms. The molecule has 0 spiro atoms. The van der Waals surface area contributed by atoms with Crippen molar-refractivity contribution < 1.29 is 4.79 Å². The predicted octanol–water partition coefficient (Wildman–Crippen LogP) is 1.57. The summed E-state index contributed by atoms with van der Waals surface area (Å²) in [6.07, 6.45) is 2.69. The van der Waals surface area contributed by atoms with Gasteiger partial charge in [-0.1, -0.05) is 0 Å². The molecule has 1 unspecified atom stereocenters. The average molecular weight is 332 g/mol. The Kier molecular flexibility index (Phi) is 4.53. The minimum Gasteiger partial charge on any atom is -0.341 e. The van der Waals surface area contributed by atoms with Gasteiger partial charge in [0.2, 0.25) is 5.91 Å². The van der Waals surface area contributed by atoms with Gasteiger partial charge in [-0.2, -0.15) is 0 Å². The van der Waals surface area contributed by atoms with Crippen molar-refractivity contribution in [3.63, 3.8) is 0 Å². The topological polar surface area (TPSA) is 97.0 Å². The van der Waals surface area contributed by atoms with Crippen LogP contribution in [0.1, 0.15) is 28.7 Å². The lowest BCUT2D eigenvalue weighted by molar-refractivity contribution is -0.128. The van der Waals surface area contributed by atoms with E-state index in [0.717, 1.165) is 33.8 Å². The number of rotatable bonds is 4. The molecule has 1 aliphatic rings. The van der Waals surface area contributed by atoms with Crippen LogP contribution in [0.25, 0.3) is 0 Å². The summed E-state index contributed by atoms with van der Waals surface area (Å²) in [7, 11) is 0. The van der Waals surface area contributed by atoms with Crippen molar-refractivity contribution >= 4 is 28.2 Å². The minimum absolute atomic E-state index is 0.0169. The summed E-state index contributed by atoms with van der Waals surface area (Å²) in [4.78, 5) is 28.1. The van der Waals surface area contributed by atoms with Crippen LogP contribution >= 0.6 is 11.3 Å². The van der Waals surface area contributed by atoms with E-state index in [0.29, 0.717) is 13.1 Å². The molecule has 0 radical (unpaired) electrons. The number of hydrogen-bond donors (Lipinski definition) is 2. The number of nitrogens with zero attached hydrogens (tertiary/aromatic N) is 4. The molecule has 1 fully saturated rings. The Morgan fingerprint density at radius 2 is 2.30 bits per heavy atom. The maximum Gasteiger partial charge on any atom is 0.236 e. The van der Waals surface area contributed by atoms with Gasteiger partial charge in [-0.15, -0.1) is 11.3 Å². The Labute approximate surface area is 139 Å². The Bertz CT molecular complexity index is 716. The summed E-state index contributed by atoms with van der Waals surface area (Å²) in [5, 5.41) is 4.05. The third-order valence-corrected chi connectivity index (χ3v) is 4.64. The molecule has 8 heteroatoms. The first-order valence-electron chi connectivity index (χ1n) is 7.58. The number of carbonyl (C=O) groups excluding carboxylic acids is 1. The number of thiazole rings is 1. The van der Waals surface area contributed by atoms with Crippen LogP contribution in [-0.2, 0) is 4.79 Å². The van der Waals surface area contributed by atoms with Gasteiger partial charge < -0.3 is 16.0 Å². The van der Waals surface area contributed by atoms with Crippen molar-refractivity contribution in [1.29, 1.82) is 0 Å². The Morgan fingerprint density at radius 3 is 3.00 bits per heavy atom. The van der Waals surface area contributed by atoms with Gasteiger partial charge in [0.05, 0.1) is 6.54 Å². The first kappa shape index (κ1) is 15.8. The smallest absolute Gasteiger partial charge is 0.236 e. The van der Waals surface area contributed by atoms with E-state index in [9.17, 15) is 4.79 Å². The standard InChI is InChI=1S/C15H20N6OS/c1-9-5-12(20-15-17-7-10(2)23-15)19-14(18-9)11-3-4-21(8-11)13(22)6-16/h5,7,11H,3-4,6,8,16H2,1-2H3,(H,17,18,19,20). The van der Waals surface area contributed by atoms with Gasteiger partial charge in [-0.05, 0) is 20.3 Å². The van der Waals surface area contributed by atoms with Crippen molar-refractivity contribution in [2.24, 2.45) is 5.73 Å². The fourth-order valence-electron chi connectivity index (χ4n) is 2.69. The molecule has 2 aromatic heterocycles. The molecule has 1 saturated heterocycles. The van der Waals surface area contributed by atoms with Crippen LogP contribution in [0.3, 0.4) is 0 Å². The number of aryl methyl sites for hydroxylation is 2. The zero-order valence-corrected chi connectivity index (χ0v) is 14.1. The fraction of sp³-hybridized carbons (Fsp3) is 0.467. The second kappa shape index (κ2) is 6.59. The van der Waals surface area contributed by atoms with E-state index in [-0.39, 0.29) is 18.4 Å². The van der Waals surface area contributed by atoms with E-state index in [4.69, 9.17) is 5.73 Å². The van der Waals surface area contributed by atoms with Crippen LogP contribution in [0, 0.1) is 13.8 Å². The maximum absolute atomic E-state index is 11.7. The first-order chi connectivity index (χ1) is 11.0. The minimum atomic E-state index is -0.0169. The molecule has 3 heterocycles. The third-order valence-electron chi connectivity index (χ3n) is 3.81. The summed E-state index contributed by atoms with van der Waals surface area (Å²) >= 11 is 1.58. The molecule has 122 valence electrons. The highest BCUT2D eigenvalue weighted by atomic mass is 32.1. The van der Waals surface area contributed by atoms with Crippen LogP contribution in [0.5, 0.6) is 0 Å². The van der Waals surface area contributed by atoms with E-state index >= 15 is 0 Å². The molecule has 2 aromatic rings. The molecular weight excluding hydrogens is 312 g/mol. The van der Waals surface area contributed by atoms with E-state index in [1.54, 1.807) is 16.2 Å². The Hall–Kier alpha value is -2.06. The van der Waals surface area contributed by atoms with Crippen molar-refractivity contribution in [1.82, 2.24) is 19.9 Å².